The van der Waals surface area contributed by atoms with E-state index in [0.717, 1.165) is 28.5 Å². The number of nitrogens with one attached hydrogen (secondary N) is 1. The Morgan fingerprint density at radius 1 is 1.28 bits per heavy atom. The summed E-state index contributed by atoms with van der Waals surface area (Å²) in [6.07, 6.45) is 0.205. The first-order valence-corrected chi connectivity index (χ1v) is 8.16. The van der Waals surface area contributed by atoms with E-state index in [1.54, 1.807) is 28.8 Å². The average molecular weight is 342 g/mol. The van der Waals surface area contributed by atoms with Gasteiger partial charge in [-0.1, -0.05) is 0 Å². The molecule has 0 bridgehead atoms. The Kier molecular flexibility index (Phi) is 4.48. The maximum Gasteiger partial charge on any atom is 0.229 e. The molecule has 1 saturated heterocycles. The van der Waals surface area contributed by atoms with Gasteiger partial charge in [-0.15, -0.1) is 0 Å². The van der Waals surface area contributed by atoms with Gasteiger partial charge in [-0.3, -0.25) is 14.3 Å². The van der Waals surface area contributed by atoms with Crippen LogP contribution < -0.4 is 15.0 Å². The number of aryl methyl sites for hydroxylation is 2. The number of benzene rings is 1. The van der Waals surface area contributed by atoms with Crippen molar-refractivity contribution in [2.45, 2.75) is 20.3 Å². The molecule has 2 aromatic rings. The molecule has 1 aromatic carbocycles. The first-order chi connectivity index (χ1) is 11.9. The summed E-state index contributed by atoms with van der Waals surface area (Å²) in [5.74, 6) is 0.148. The molecule has 7 nitrogen and oxygen atoms in total. The van der Waals surface area contributed by atoms with Crippen LogP contribution in [-0.2, 0) is 16.6 Å². The first-order valence-electron chi connectivity index (χ1n) is 8.16. The number of carbonyl (C=O) groups excluding carboxylic acids is 2. The van der Waals surface area contributed by atoms with Crippen LogP contribution in [0.15, 0.2) is 24.3 Å². The van der Waals surface area contributed by atoms with Gasteiger partial charge in [0.25, 0.3) is 0 Å². The molecule has 1 atom stereocenters. The van der Waals surface area contributed by atoms with Gasteiger partial charge in [-0.05, 0) is 38.1 Å². The molecule has 132 valence electrons. The van der Waals surface area contributed by atoms with Crippen molar-refractivity contribution in [3.8, 4) is 5.75 Å². The number of aromatic nitrogens is 2. The predicted octanol–water partition coefficient (Wildman–Crippen LogP) is 2.04. The summed E-state index contributed by atoms with van der Waals surface area (Å²) in [6.45, 7) is 4.13. The van der Waals surface area contributed by atoms with E-state index in [1.807, 2.05) is 33.0 Å². The topological polar surface area (TPSA) is 76.5 Å². The van der Waals surface area contributed by atoms with Gasteiger partial charge in [0.15, 0.2) is 0 Å². The first kappa shape index (κ1) is 17.0. The van der Waals surface area contributed by atoms with E-state index in [2.05, 4.69) is 10.4 Å². The SMILES string of the molecule is COc1ccc(N2C[C@H](C(=O)Nc3c(C)nn(C)c3C)CC2=O)cc1. The number of anilines is 2. The zero-order valence-electron chi connectivity index (χ0n) is 14.9. The molecule has 0 saturated carbocycles. The largest absolute Gasteiger partial charge is 0.497 e. The van der Waals surface area contributed by atoms with Crippen molar-refractivity contribution in [1.29, 1.82) is 0 Å². The fraction of sp³-hybridized carbons (Fsp3) is 0.389. The van der Waals surface area contributed by atoms with Crippen LogP contribution in [0.5, 0.6) is 5.75 Å². The predicted molar refractivity (Wildman–Crippen MR) is 94.8 cm³/mol. The second-order valence-corrected chi connectivity index (χ2v) is 6.26. The second kappa shape index (κ2) is 6.58. The maximum absolute atomic E-state index is 12.6. The number of hydrogen-bond donors (Lipinski definition) is 1. The van der Waals surface area contributed by atoms with Crippen LogP contribution >= 0.6 is 0 Å². The standard InChI is InChI=1S/C18H22N4O3/c1-11-17(12(2)21(3)20-11)19-18(24)13-9-16(23)22(10-13)14-5-7-15(25-4)8-6-14/h5-8,13H,9-10H2,1-4H3,(H,19,24)/t13-/m1/s1. The van der Waals surface area contributed by atoms with Crippen molar-refractivity contribution in [3.63, 3.8) is 0 Å². The summed E-state index contributed by atoms with van der Waals surface area (Å²) in [5, 5.41) is 7.23. The second-order valence-electron chi connectivity index (χ2n) is 6.26. The van der Waals surface area contributed by atoms with E-state index in [-0.39, 0.29) is 24.2 Å². The highest BCUT2D eigenvalue weighted by atomic mass is 16.5. The molecule has 1 N–H and O–H groups in total. The summed E-state index contributed by atoms with van der Waals surface area (Å²) >= 11 is 0. The molecule has 1 aliphatic rings. The van der Waals surface area contributed by atoms with Gasteiger partial charge >= 0.3 is 0 Å². The van der Waals surface area contributed by atoms with Crippen LogP contribution in [0.3, 0.4) is 0 Å². The Hall–Kier alpha value is -2.83. The number of nitrogens with zero attached hydrogens (tertiary/aromatic N) is 3. The van der Waals surface area contributed by atoms with Crippen LogP contribution in [-0.4, -0.2) is 35.2 Å². The van der Waals surface area contributed by atoms with E-state index in [0.29, 0.717) is 6.54 Å². The molecule has 2 amide bonds. The van der Waals surface area contributed by atoms with Gasteiger partial charge < -0.3 is 15.0 Å². The van der Waals surface area contributed by atoms with Gasteiger partial charge in [0, 0.05) is 25.7 Å². The Bertz CT molecular complexity index is 810. The number of methoxy groups -OCH3 is 1. The molecule has 3 rings (SSSR count). The van der Waals surface area contributed by atoms with Crippen molar-refractivity contribution < 1.29 is 14.3 Å². The lowest BCUT2D eigenvalue weighted by Crippen LogP contribution is -2.28. The Labute approximate surface area is 146 Å². The van der Waals surface area contributed by atoms with E-state index < -0.39 is 0 Å². The summed E-state index contributed by atoms with van der Waals surface area (Å²) in [4.78, 5) is 26.6. The molecule has 0 spiro atoms. The van der Waals surface area contributed by atoms with E-state index in [1.165, 1.54) is 0 Å². The highest BCUT2D eigenvalue weighted by Gasteiger charge is 2.35. The molecule has 1 aromatic heterocycles. The van der Waals surface area contributed by atoms with Crippen molar-refractivity contribution >= 4 is 23.2 Å². The molecule has 7 heteroatoms. The lowest BCUT2D eigenvalue weighted by atomic mass is 10.1. The number of carbonyl (C=O) groups is 2. The Morgan fingerprint density at radius 2 is 1.96 bits per heavy atom. The summed E-state index contributed by atoms with van der Waals surface area (Å²) < 4.78 is 6.86. The highest BCUT2D eigenvalue weighted by molar-refractivity contribution is 6.03. The molecular weight excluding hydrogens is 320 g/mol. The van der Waals surface area contributed by atoms with Gasteiger partial charge in [0.05, 0.1) is 30.1 Å². The monoisotopic (exact) mass is 342 g/mol. The van der Waals surface area contributed by atoms with Gasteiger partial charge in [-0.2, -0.15) is 5.10 Å². The summed E-state index contributed by atoms with van der Waals surface area (Å²) in [7, 11) is 3.43. The highest BCUT2D eigenvalue weighted by Crippen LogP contribution is 2.28. The minimum atomic E-state index is -0.381. The van der Waals surface area contributed by atoms with Crippen LogP contribution in [0, 0.1) is 19.8 Å². The normalized spacial score (nSPS) is 17.0. The fourth-order valence-electron chi connectivity index (χ4n) is 3.07. The van der Waals surface area contributed by atoms with Crippen LogP contribution in [0.4, 0.5) is 11.4 Å². The fourth-order valence-corrected chi connectivity index (χ4v) is 3.07. The average Bonchev–Trinajstić information content (AvgIpc) is 3.10. The molecular formula is C18H22N4O3. The quantitative estimate of drug-likeness (QED) is 0.922. The zero-order valence-corrected chi connectivity index (χ0v) is 14.9. The van der Waals surface area contributed by atoms with Crippen LogP contribution in [0.1, 0.15) is 17.8 Å². The minimum Gasteiger partial charge on any atom is -0.497 e. The van der Waals surface area contributed by atoms with Crippen LogP contribution in [0.25, 0.3) is 0 Å². The lowest BCUT2D eigenvalue weighted by Gasteiger charge is -2.17. The third-order valence-corrected chi connectivity index (χ3v) is 4.64. The summed E-state index contributed by atoms with van der Waals surface area (Å²) in [6, 6.07) is 7.26. The van der Waals surface area contributed by atoms with Crippen molar-refractivity contribution in [2.24, 2.45) is 13.0 Å². The van der Waals surface area contributed by atoms with Crippen molar-refractivity contribution in [3.05, 3.63) is 35.7 Å². The van der Waals surface area contributed by atoms with Gasteiger partial charge in [-0.25, -0.2) is 0 Å². The van der Waals surface area contributed by atoms with Gasteiger partial charge in [0.1, 0.15) is 5.75 Å². The third-order valence-electron chi connectivity index (χ3n) is 4.64. The Balaban J connectivity index is 1.72. The van der Waals surface area contributed by atoms with E-state index >= 15 is 0 Å². The number of amides is 2. The van der Waals surface area contributed by atoms with Crippen LogP contribution in [0.2, 0.25) is 0 Å². The molecule has 25 heavy (non-hydrogen) atoms. The number of ether oxygens (including phenoxy) is 1. The Morgan fingerprint density at radius 3 is 2.52 bits per heavy atom. The molecule has 1 aliphatic heterocycles. The molecule has 0 aliphatic carbocycles. The summed E-state index contributed by atoms with van der Waals surface area (Å²) in [5.41, 5.74) is 3.16. The smallest absolute Gasteiger partial charge is 0.229 e. The molecule has 1 fully saturated rings. The van der Waals surface area contributed by atoms with Gasteiger partial charge in [0.2, 0.25) is 11.8 Å². The maximum atomic E-state index is 12.6. The number of hydrogen-bond acceptors (Lipinski definition) is 4. The molecule has 0 radical (unpaired) electrons. The van der Waals surface area contributed by atoms with E-state index in [9.17, 15) is 9.59 Å². The van der Waals surface area contributed by atoms with E-state index in [4.69, 9.17) is 4.74 Å². The number of rotatable bonds is 4. The lowest BCUT2D eigenvalue weighted by molar-refractivity contribution is -0.122. The van der Waals surface area contributed by atoms with Crippen molar-refractivity contribution in [1.82, 2.24) is 9.78 Å². The molecule has 2 heterocycles. The minimum absolute atomic E-state index is 0.0510. The molecule has 0 unspecified atom stereocenters. The third kappa shape index (κ3) is 3.22. The van der Waals surface area contributed by atoms with Crippen molar-refractivity contribution in [2.75, 3.05) is 23.9 Å². The zero-order chi connectivity index (χ0) is 18.1.